The average molecular weight is 213 g/mol. The molecule has 0 saturated carbocycles. The van der Waals surface area contributed by atoms with Gasteiger partial charge in [0.2, 0.25) is 0 Å². The SMILES string of the molecule is Cc1ccc(C(=O)S(N)(=O)=O)cc1C. The van der Waals surface area contributed by atoms with Crippen LogP contribution in [0.4, 0.5) is 0 Å². The maximum Gasteiger partial charge on any atom is 0.291 e. The Hall–Kier alpha value is -1.20. The van der Waals surface area contributed by atoms with E-state index in [2.05, 4.69) is 0 Å². The van der Waals surface area contributed by atoms with Gasteiger partial charge in [0, 0.05) is 5.56 Å². The lowest BCUT2D eigenvalue weighted by atomic mass is 10.1. The Kier molecular flexibility index (Phi) is 2.73. The molecule has 0 aliphatic heterocycles. The summed E-state index contributed by atoms with van der Waals surface area (Å²) in [4.78, 5) is 11.2. The van der Waals surface area contributed by atoms with Crippen molar-refractivity contribution in [2.24, 2.45) is 5.14 Å². The molecule has 0 heterocycles. The van der Waals surface area contributed by atoms with Crippen LogP contribution in [-0.4, -0.2) is 13.5 Å². The lowest BCUT2D eigenvalue weighted by molar-refractivity contribution is 0.107. The van der Waals surface area contributed by atoms with Crippen molar-refractivity contribution in [3.05, 3.63) is 34.9 Å². The summed E-state index contributed by atoms with van der Waals surface area (Å²) in [6, 6.07) is 4.66. The average Bonchev–Trinajstić information content (AvgIpc) is 2.07. The third kappa shape index (κ3) is 2.18. The van der Waals surface area contributed by atoms with Gasteiger partial charge in [0.25, 0.3) is 15.1 Å². The van der Waals surface area contributed by atoms with Crippen molar-refractivity contribution in [2.75, 3.05) is 0 Å². The van der Waals surface area contributed by atoms with E-state index in [1.807, 2.05) is 6.92 Å². The minimum Gasteiger partial charge on any atom is -0.274 e. The lowest BCUT2D eigenvalue weighted by Crippen LogP contribution is -2.23. The van der Waals surface area contributed by atoms with Crippen LogP contribution in [0.25, 0.3) is 0 Å². The number of sulfonamides is 1. The Morgan fingerprint density at radius 1 is 1.21 bits per heavy atom. The van der Waals surface area contributed by atoms with Crippen molar-refractivity contribution in [3.8, 4) is 0 Å². The number of hydrogen-bond donors (Lipinski definition) is 1. The fourth-order valence-corrected chi connectivity index (χ4v) is 1.49. The van der Waals surface area contributed by atoms with E-state index in [-0.39, 0.29) is 5.56 Å². The van der Waals surface area contributed by atoms with E-state index in [4.69, 9.17) is 5.14 Å². The summed E-state index contributed by atoms with van der Waals surface area (Å²) in [7, 11) is -4.12. The second-order valence-electron chi connectivity index (χ2n) is 3.13. The molecule has 0 radical (unpaired) electrons. The molecule has 4 nitrogen and oxygen atoms in total. The first-order valence-corrected chi connectivity index (χ1v) is 5.51. The zero-order valence-corrected chi connectivity index (χ0v) is 8.76. The van der Waals surface area contributed by atoms with Crippen LogP contribution in [0.5, 0.6) is 0 Å². The fraction of sp³-hybridized carbons (Fsp3) is 0.222. The van der Waals surface area contributed by atoms with Gasteiger partial charge in [0.05, 0.1) is 0 Å². The number of carbonyl (C=O) groups is 1. The number of carbonyl (C=O) groups excluding carboxylic acids is 1. The third-order valence-electron chi connectivity index (χ3n) is 2.00. The van der Waals surface area contributed by atoms with Gasteiger partial charge in [-0.05, 0) is 37.1 Å². The fourth-order valence-electron chi connectivity index (χ4n) is 1.03. The van der Waals surface area contributed by atoms with Gasteiger partial charge >= 0.3 is 0 Å². The van der Waals surface area contributed by atoms with Crippen molar-refractivity contribution in [3.63, 3.8) is 0 Å². The van der Waals surface area contributed by atoms with Crippen molar-refractivity contribution in [2.45, 2.75) is 13.8 Å². The van der Waals surface area contributed by atoms with Gasteiger partial charge in [-0.25, -0.2) is 13.6 Å². The van der Waals surface area contributed by atoms with Crippen molar-refractivity contribution in [1.29, 1.82) is 0 Å². The van der Waals surface area contributed by atoms with Gasteiger partial charge in [-0.1, -0.05) is 6.07 Å². The third-order valence-corrected chi connectivity index (χ3v) is 2.75. The van der Waals surface area contributed by atoms with E-state index in [0.717, 1.165) is 11.1 Å². The first kappa shape index (κ1) is 10.9. The summed E-state index contributed by atoms with van der Waals surface area (Å²) < 4.78 is 21.5. The summed E-state index contributed by atoms with van der Waals surface area (Å²) in [5, 5.41) is 3.68. The molecule has 0 aliphatic carbocycles. The molecule has 0 aliphatic rings. The van der Waals surface area contributed by atoms with Crippen LogP contribution in [0.2, 0.25) is 0 Å². The quantitative estimate of drug-likeness (QED) is 0.747. The second kappa shape index (κ2) is 3.51. The second-order valence-corrected chi connectivity index (χ2v) is 4.59. The van der Waals surface area contributed by atoms with Crippen LogP contribution < -0.4 is 5.14 Å². The summed E-state index contributed by atoms with van der Waals surface area (Å²) in [5.74, 6) is 0. The Morgan fingerprint density at radius 3 is 2.21 bits per heavy atom. The molecule has 0 spiro atoms. The monoisotopic (exact) mass is 213 g/mol. The molecule has 0 saturated heterocycles. The minimum atomic E-state index is -4.12. The van der Waals surface area contributed by atoms with Crippen LogP contribution in [0, 0.1) is 13.8 Å². The molecular formula is C9H11NO3S. The van der Waals surface area contributed by atoms with E-state index in [1.165, 1.54) is 12.1 Å². The molecule has 1 aromatic rings. The molecular weight excluding hydrogens is 202 g/mol. The van der Waals surface area contributed by atoms with E-state index in [0.29, 0.717) is 0 Å². The van der Waals surface area contributed by atoms with Gasteiger partial charge in [0.15, 0.2) is 0 Å². The molecule has 0 fully saturated rings. The van der Waals surface area contributed by atoms with Crippen molar-refractivity contribution < 1.29 is 13.2 Å². The van der Waals surface area contributed by atoms with Gasteiger partial charge in [-0.2, -0.15) is 0 Å². The van der Waals surface area contributed by atoms with Crippen LogP contribution >= 0.6 is 0 Å². The molecule has 76 valence electrons. The number of nitrogens with two attached hydrogens (primary N) is 1. The summed E-state index contributed by atoms with van der Waals surface area (Å²) >= 11 is 0. The van der Waals surface area contributed by atoms with Crippen molar-refractivity contribution >= 4 is 15.1 Å². The standard InChI is InChI=1S/C9H11NO3S/c1-6-3-4-8(5-7(6)2)9(11)14(10,12)13/h3-5H,1-2H3,(H2,10,12,13). The Bertz CT molecular complexity index is 477. The lowest BCUT2D eigenvalue weighted by Gasteiger charge is -2.02. The van der Waals surface area contributed by atoms with Gasteiger partial charge < -0.3 is 0 Å². The zero-order chi connectivity index (χ0) is 10.9. The molecule has 5 heteroatoms. The van der Waals surface area contributed by atoms with Crippen LogP contribution in [0.15, 0.2) is 18.2 Å². The highest BCUT2D eigenvalue weighted by atomic mass is 32.2. The first-order chi connectivity index (χ1) is 6.32. The molecule has 0 atom stereocenters. The summed E-state index contributed by atoms with van der Waals surface area (Å²) in [5.41, 5.74) is 1.96. The van der Waals surface area contributed by atoms with Gasteiger partial charge in [0.1, 0.15) is 0 Å². The predicted octanol–water partition coefficient (Wildman–Crippen LogP) is 0.732. The topological polar surface area (TPSA) is 77.2 Å². The molecule has 14 heavy (non-hydrogen) atoms. The molecule has 0 amide bonds. The van der Waals surface area contributed by atoms with Crippen molar-refractivity contribution in [1.82, 2.24) is 0 Å². The highest BCUT2D eigenvalue weighted by Gasteiger charge is 2.18. The highest BCUT2D eigenvalue weighted by Crippen LogP contribution is 2.11. The number of primary sulfonamides is 1. The van der Waals surface area contributed by atoms with Crippen LogP contribution in [0.1, 0.15) is 21.5 Å². The maximum absolute atomic E-state index is 11.2. The minimum absolute atomic E-state index is 0.107. The summed E-state index contributed by atoms with van der Waals surface area (Å²) in [6.07, 6.45) is 0. The van der Waals surface area contributed by atoms with E-state index < -0.39 is 15.1 Å². The molecule has 0 aromatic heterocycles. The largest absolute Gasteiger partial charge is 0.291 e. The van der Waals surface area contributed by atoms with Crippen LogP contribution in [-0.2, 0) is 10.0 Å². The molecule has 2 N–H and O–H groups in total. The van der Waals surface area contributed by atoms with E-state index in [1.54, 1.807) is 13.0 Å². The van der Waals surface area contributed by atoms with Gasteiger partial charge in [-0.15, -0.1) is 0 Å². The zero-order valence-electron chi connectivity index (χ0n) is 7.94. The number of aryl methyl sites for hydroxylation is 2. The Morgan fingerprint density at radius 2 is 1.79 bits per heavy atom. The maximum atomic E-state index is 11.2. The number of benzene rings is 1. The Labute approximate surface area is 82.8 Å². The smallest absolute Gasteiger partial charge is 0.274 e. The normalized spacial score (nSPS) is 11.4. The summed E-state index contributed by atoms with van der Waals surface area (Å²) in [6.45, 7) is 3.68. The molecule has 1 rings (SSSR count). The van der Waals surface area contributed by atoms with E-state index >= 15 is 0 Å². The predicted molar refractivity (Wildman–Crippen MR) is 53.4 cm³/mol. The molecule has 1 aromatic carbocycles. The molecule has 0 unspecified atom stereocenters. The number of hydrogen-bond acceptors (Lipinski definition) is 3. The molecule has 0 bridgehead atoms. The number of rotatable bonds is 1. The highest BCUT2D eigenvalue weighted by molar-refractivity contribution is 8.04. The van der Waals surface area contributed by atoms with Crippen LogP contribution in [0.3, 0.4) is 0 Å². The first-order valence-electron chi connectivity index (χ1n) is 3.97. The van der Waals surface area contributed by atoms with Gasteiger partial charge in [-0.3, -0.25) is 4.79 Å². The Balaban J connectivity index is 3.23. The van der Waals surface area contributed by atoms with E-state index in [9.17, 15) is 13.2 Å².